The molecular weight excluding hydrogens is 264 g/mol. The van der Waals surface area contributed by atoms with Crippen molar-refractivity contribution in [2.75, 3.05) is 20.1 Å². The Morgan fingerprint density at radius 1 is 1.58 bits per heavy atom. The van der Waals surface area contributed by atoms with E-state index in [1.165, 1.54) is 11.3 Å². The van der Waals surface area contributed by atoms with Gasteiger partial charge in [0.25, 0.3) is 0 Å². The van der Waals surface area contributed by atoms with Gasteiger partial charge in [0.15, 0.2) is 0 Å². The Kier molecular flexibility index (Phi) is 3.91. The van der Waals surface area contributed by atoms with E-state index in [4.69, 9.17) is 5.11 Å². The Morgan fingerprint density at radius 2 is 2.32 bits per heavy atom. The van der Waals surface area contributed by atoms with E-state index in [1.54, 1.807) is 12.4 Å². The number of nitrogens with one attached hydrogen (secondary N) is 1. The van der Waals surface area contributed by atoms with Gasteiger partial charge >= 0.3 is 5.97 Å². The summed E-state index contributed by atoms with van der Waals surface area (Å²) >= 11 is 1.25. The first-order chi connectivity index (χ1) is 8.96. The number of carbonyl (C=O) groups excluding carboxylic acids is 1. The van der Waals surface area contributed by atoms with Gasteiger partial charge in [-0.25, -0.2) is 4.79 Å². The van der Waals surface area contributed by atoms with Gasteiger partial charge in [-0.2, -0.15) is 0 Å². The van der Waals surface area contributed by atoms with Crippen molar-refractivity contribution >= 4 is 23.2 Å². The molecule has 104 valence electrons. The standard InChI is InChI=1S/C13H18N2O3S/c1-13(12(18)14-2)4-5-15(8-13)7-9-3-6-19-10(9)11(16)17/h3,6H,4-5,7-8H2,1-2H3,(H,14,18)(H,16,17). The van der Waals surface area contributed by atoms with Crippen LogP contribution in [0.2, 0.25) is 0 Å². The fourth-order valence-electron chi connectivity index (χ4n) is 2.57. The van der Waals surface area contributed by atoms with Gasteiger partial charge in [0.05, 0.1) is 5.41 Å². The lowest BCUT2D eigenvalue weighted by Gasteiger charge is -2.22. The Balaban J connectivity index is 2.04. The second-order valence-electron chi connectivity index (χ2n) is 5.18. The van der Waals surface area contributed by atoms with Gasteiger partial charge in [-0.15, -0.1) is 11.3 Å². The molecule has 1 unspecified atom stereocenters. The molecule has 1 amide bonds. The van der Waals surface area contributed by atoms with Crippen molar-refractivity contribution < 1.29 is 14.7 Å². The van der Waals surface area contributed by atoms with Gasteiger partial charge in [0, 0.05) is 20.1 Å². The first kappa shape index (κ1) is 14.0. The third-order valence-corrected chi connectivity index (χ3v) is 4.61. The molecule has 0 spiro atoms. The maximum absolute atomic E-state index is 11.8. The maximum atomic E-state index is 11.8. The number of amides is 1. The van der Waals surface area contributed by atoms with Gasteiger partial charge in [-0.05, 0) is 36.9 Å². The first-order valence-corrected chi connectivity index (χ1v) is 7.08. The fraction of sp³-hybridized carbons (Fsp3) is 0.538. The largest absolute Gasteiger partial charge is 0.477 e. The summed E-state index contributed by atoms with van der Waals surface area (Å²) in [5, 5.41) is 13.6. The number of carboxylic acid groups (broad SMARTS) is 1. The minimum atomic E-state index is -0.877. The number of nitrogens with zero attached hydrogens (tertiary/aromatic N) is 1. The van der Waals surface area contributed by atoms with Gasteiger partial charge < -0.3 is 10.4 Å². The van der Waals surface area contributed by atoms with Crippen LogP contribution in [0.1, 0.15) is 28.6 Å². The van der Waals surface area contributed by atoms with Gasteiger partial charge in [-0.3, -0.25) is 9.69 Å². The van der Waals surface area contributed by atoms with Gasteiger partial charge in [-0.1, -0.05) is 0 Å². The molecule has 19 heavy (non-hydrogen) atoms. The van der Waals surface area contributed by atoms with E-state index in [9.17, 15) is 9.59 Å². The molecule has 2 heterocycles. The Hall–Kier alpha value is -1.40. The second kappa shape index (κ2) is 5.30. The number of hydrogen-bond donors (Lipinski definition) is 2. The molecule has 1 aromatic heterocycles. The summed E-state index contributed by atoms with van der Waals surface area (Å²) in [6, 6.07) is 1.85. The smallest absolute Gasteiger partial charge is 0.346 e. The van der Waals surface area contributed by atoms with Crippen LogP contribution in [0.4, 0.5) is 0 Å². The zero-order chi connectivity index (χ0) is 14.0. The van der Waals surface area contributed by atoms with Crippen molar-refractivity contribution in [2.45, 2.75) is 19.9 Å². The van der Waals surface area contributed by atoms with Crippen molar-refractivity contribution in [2.24, 2.45) is 5.41 Å². The summed E-state index contributed by atoms with van der Waals surface area (Å²) in [6.07, 6.45) is 0.805. The summed E-state index contributed by atoms with van der Waals surface area (Å²) in [5.74, 6) is -0.822. The van der Waals surface area contributed by atoms with Crippen LogP contribution < -0.4 is 5.32 Å². The monoisotopic (exact) mass is 282 g/mol. The van der Waals surface area contributed by atoms with Crippen LogP contribution in [0.3, 0.4) is 0 Å². The number of hydrogen-bond acceptors (Lipinski definition) is 4. The van der Waals surface area contributed by atoms with Crippen molar-refractivity contribution in [1.29, 1.82) is 0 Å². The predicted octanol–water partition coefficient (Wildman–Crippen LogP) is 1.40. The van der Waals surface area contributed by atoms with E-state index in [1.807, 2.05) is 13.0 Å². The highest BCUT2D eigenvalue weighted by molar-refractivity contribution is 7.12. The predicted molar refractivity (Wildman–Crippen MR) is 73.3 cm³/mol. The molecule has 1 aliphatic rings. The molecule has 5 nitrogen and oxygen atoms in total. The third-order valence-electron chi connectivity index (χ3n) is 3.66. The SMILES string of the molecule is CNC(=O)C1(C)CCN(Cc2ccsc2C(=O)O)C1. The molecule has 0 saturated carbocycles. The topological polar surface area (TPSA) is 69.6 Å². The Bertz CT molecular complexity index is 500. The van der Waals surface area contributed by atoms with Crippen molar-refractivity contribution in [1.82, 2.24) is 10.2 Å². The number of aromatic carboxylic acids is 1. The van der Waals surface area contributed by atoms with E-state index in [-0.39, 0.29) is 11.3 Å². The third kappa shape index (κ3) is 2.79. The van der Waals surface area contributed by atoms with Crippen LogP contribution in [-0.2, 0) is 11.3 Å². The van der Waals surface area contributed by atoms with Crippen LogP contribution in [-0.4, -0.2) is 42.0 Å². The summed E-state index contributed by atoms with van der Waals surface area (Å²) < 4.78 is 0. The van der Waals surface area contributed by atoms with Gasteiger partial charge in [0.2, 0.25) is 5.91 Å². The average molecular weight is 282 g/mol. The van der Waals surface area contributed by atoms with Crippen LogP contribution in [0.15, 0.2) is 11.4 Å². The zero-order valence-corrected chi connectivity index (χ0v) is 11.9. The van der Waals surface area contributed by atoms with Crippen molar-refractivity contribution in [3.63, 3.8) is 0 Å². The van der Waals surface area contributed by atoms with Crippen LogP contribution >= 0.6 is 11.3 Å². The quantitative estimate of drug-likeness (QED) is 0.876. The van der Waals surface area contributed by atoms with E-state index in [0.717, 1.165) is 18.5 Å². The lowest BCUT2D eigenvalue weighted by atomic mass is 9.89. The van der Waals surface area contributed by atoms with Crippen LogP contribution in [0.25, 0.3) is 0 Å². The van der Waals surface area contributed by atoms with E-state index in [0.29, 0.717) is 18.0 Å². The molecule has 1 atom stereocenters. The zero-order valence-electron chi connectivity index (χ0n) is 11.1. The van der Waals surface area contributed by atoms with E-state index < -0.39 is 5.97 Å². The minimum Gasteiger partial charge on any atom is -0.477 e. The number of carbonyl (C=O) groups is 2. The molecule has 1 aromatic rings. The fourth-order valence-corrected chi connectivity index (χ4v) is 3.32. The lowest BCUT2D eigenvalue weighted by molar-refractivity contribution is -0.129. The number of carboxylic acids is 1. The van der Waals surface area contributed by atoms with Crippen LogP contribution in [0.5, 0.6) is 0 Å². The normalized spacial score (nSPS) is 23.5. The lowest BCUT2D eigenvalue weighted by Crippen LogP contribution is -2.39. The molecule has 0 bridgehead atoms. The number of likely N-dealkylation sites (tertiary alicyclic amines) is 1. The van der Waals surface area contributed by atoms with Crippen LogP contribution in [0, 0.1) is 5.41 Å². The first-order valence-electron chi connectivity index (χ1n) is 6.20. The molecule has 0 aliphatic carbocycles. The highest BCUT2D eigenvalue weighted by Crippen LogP contribution is 2.31. The molecule has 0 aromatic carbocycles. The molecule has 1 aliphatic heterocycles. The molecule has 0 radical (unpaired) electrons. The molecule has 1 fully saturated rings. The Labute approximate surface area is 116 Å². The highest BCUT2D eigenvalue weighted by Gasteiger charge is 2.39. The summed E-state index contributed by atoms with van der Waals surface area (Å²) in [7, 11) is 1.65. The average Bonchev–Trinajstić information content (AvgIpc) is 2.97. The molecule has 2 rings (SSSR count). The molecule has 6 heteroatoms. The molecule has 2 N–H and O–H groups in total. The van der Waals surface area contributed by atoms with Crippen molar-refractivity contribution in [3.8, 4) is 0 Å². The van der Waals surface area contributed by atoms with Crippen molar-refractivity contribution in [3.05, 3.63) is 21.9 Å². The van der Waals surface area contributed by atoms with E-state index >= 15 is 0 Å². The highest BCUT2D eigenvalue weighted by atomic mass is 32.1. The minimum absolute atomic E-state index is 0.0544. The second-order valence-corrected chi connectivity index (χ2v) is 6.10. The molecule has 1 saturated heterocycles. The summed E-state index contributed by atoms with van der Waals surface area (Å²) in [6.45, 7) is 4.04. The molecular formula is C13H18N2O3S. The Morgan fingerprint density at radius 3 is 2.95 bits per heavy atom. The van der Waals surface area contributed by atoms with Gasteiger partial charge in [0.1, 0.15) is 4.88 Å². The number of rotatable bonds is 4. The summed E-state index contributed by atoms with van der Waals surface area (Å²) in [5.41, 5.74) is 0.465. The summed E-state index contributed by atoms with van der Waals surface area (Å²) in [4.78, 5) is 25.4. The number of thiophene rings is 1. The van der Waals surface area contributed by atoms with E-state index in [2.05, 4.69) is 10.2 Å². The maximum Gasteiger partial charge on any atom is 0.346 e.